The van der Waals surface area contributed by atoms with Gasteiger partial charge < -0.3 is 4.74 Å². The van der Waals surface area contributed by atoms with Gasteiger partial charge in [0.25, 0.3) is 0 Å². The molecular weight excluding hydrogens is 300 g/mol. The van der Waals surface area contributed by atoms with Crippen LogP contribution in [0.4, 0.5) is 0 Å². The minimum absolute atomic E-state index is 0.0360. The van der Waals surface area contributed by atoms with E-state index in [2.05, 4.69) is 15.9 Å². The first-order chi connectivity index (χ1) is 8.47. The molecular formula is C11H7BrN4O2. The van der Waals surface area contributed by atoms with Gasteiger partial charge in [-0.1, -0.05) is 15.9 Å². The number of hydrogen-bond acceptors (Lipinski definition) is 6. The molecule has 0 aromatic carbocycles. The van der Waals surface area contributed by atoms with Gasteiger partial charge in [-0.15, -0.1) is 0 Å². The van der Waals surface area contributed by atoms with Gasteiger partial charge in [0.05, 0.1) is 24.3 Å². The SMILES string of the molecule is CC1(C(=O)OCCBr)C(C#N)(C#N)C1(C#N)C#N. The van der Waals surface area contributed by atoms with Gasteiger partial charge in [0, 0.05) is 5.33 Å². The van der Waals surface area contributed by atoms with Crippen molar-refractivity contribution in [1.29, 1.82) is 21.0 Å². The first kappa shape index (κ1) is 14.0. The Hall–Kier alpha value is -2.09. The molecule has 1 aliphatic rings. The third-order valence-electron chi connectivity index (χ3n) is 3.39. The van der Waals surface area contributed by atoms with Crippen molar-refractivity contribution in [2.45, 2.75) is 6.92 Å². The molecule has 6 nitrogen and oxygen atoms in total. The standard InChI is InChI=1S/C11H7BrN4O2/c1-9(8(17)18-3-2-12)10(4-13,5-14)11(9,6-15)7-16/h2-3H2,1H3. The molecule has 1 rings (SSSR count). The highest BCUT2D eigenvalue weighted by atomic mass is 79.9. The summed E-state index contributed by atoms with van der Waals surface area (Å²) in [4.78, 5) is 11.9. The zero-order valence-corrected chi connectivity index (χ0v) is 11.0. The van der Waals surface area contributed by atoms with Crippen LogP contribution in [0.2, 0.25) is 0 Å². The lowest BCUT2D eigenvalue weighted by Gasteiger charge is -2.10. The number of esters is 1. The second kappa shape index (κ2) is 4.30. The maximum Gasteiger partial charge on any atom is 0.317 e. The van der Waals surface area contributed by atoms with E-state index in [0.29, 0.717) is 5.33 Å². The maximum atomic E-state index is 11.9. The molecule has 0 atom stereocenters. The largest absolute Gasteiger partial charge is 0.464 e. The van der Waals surface area contributed by atoms with E-state index in [-0.39, 0.29) is 6.61 Å². The highest BCUT2D eigenvalue weighted by molar-refractivity contribution is 9.09. The number of hydrogen-bond donors (Lipinski definition) is 0. The summed E-state index contributed by atoms with van der Waals surface area (Å²) < 4.78 is 4.85. The first-order valence-electron chi connectivity index (χ1n) is 4.86. The van der Waals surface area contributed by atoms with E-state index in [1.165, 1.54) is 6.92 Å². The summed E-state index contributed by atoms with van der Waals surface area (Å²) in [6, 6.07) is 6.50. The van der Waals surface area contributed by atoms with Crippen LogP contribution in [0.5, 0.6) is 0 Å². The lowest BCUT2D eigenvalue weighted by atomic mass is 9.97. The number of carbonyl (C=O) groups excluding carboxylic acids is 1. The smallest absolute Gasteiger partial charge is 0.317 e. The van der Waals surface area contributed by atoms with Gasteiger partial charge in [-0.2, -0.15) is 21.0 Å². The molecule has 7 heteroatoms. The molecule has 1 fully saturated rings. The molecule has 0 amide bonds. The van der Waals surface area contributed by atoms with Crippen LogP contribution < -0.4 is 0 Å². The molecule has 1 aliphatic carbocycles. The van der Waals surface area contributed by atoms with Crippen LogP contribution in [0, 0.1) is 61.6 Å². The van der Waals surface area contributed by atoms with Gasteiger partial charge in [0.2, 0.25) is 0 Å². The molecule has 0 N–H and O–H groups in total. The summed E-state index contributed by atoms with van der Waals surface area (Å²) >= 11 is 3.05. The van der Waals surface area contributed by atoms with Gasteiger partial charge in [-0.3, -0.25) is 4.79 Å². The summed E-state index contributed by atoms with van der Waals surface area (Å²) in [6.07, 6.45) is 0. The number of carbonyl (C=O) groups is 1. The molecule has 0 spiro atoms. The average molecular weight is 307 g/mol. The summed E-state index contributed by atoms with van der Waals surface area (Å²) in [5.41, 5.74) is -5.70. The Bertz CT molecular complexity index is 492. The molecule has 0 radical (unpaired) electrons. The topological polar surface area (TPSA) is 121 Å². The van der Waals surface area contributed by atoms with Crippen LogP contribution in [-0.2, 0) is 9.53 Å². The molecule has 90 valence electrons. The lowest BCUT2D eigenvalue weighted by Crippen LogP contribution is -2.24. The minimum atomic E-state index is -1.98. The van der Waals surface area contributed by atoms with E-state index in [9.17, 15) is 4.79 Å². The quantitative estimate of drug-likeness (QED) is 0.566. The van der Waals surface area contributed by atoms with E-state index in [1.54, 1.807) is 24.3 Å². The van der Waals surface area contributed by atoms with E-state index >= 15 is 0 Å². The van der Waals surface area contributed by atoms with Crippen molar-refractivity contribution >= 4 is 21.9 Å². The van der Waals surface area contributed by atoms with Crippen LogP contribution in [-0.4, -0.2) is 17.9 Å². The fourth-order valence-corrected chi connectivity index (χ4v) is 2.30. The number of halogens is 1. The lowest BCUT2D eigenvalue weighted by molar-refractivity contribution is -0.150. The Morgan fingerprint density at radius 1 is 1.11 bits per heavy atom. The summed E-state index contributed by atoms with van der Waals surface area (Å²) in [5.74, 6) is -0.881. The molecule has 0 unspecified atom stereocenters. The van der Waals surface area contributed by atoms with Crippen molar-refractivity contribution in [3.63, 3.8) is 0 Å². The fourth-order valence-electron chi connectivity index (χ4n) is 2.13. The molecule has 0 bridgehead atoms. The van der Waals surface area contributed by atoms with E-state index < -0.39 is 22.2 Å². The molecule has 1 saturated carbocycles. The molecule has 0 heterocycles. The Morgan fingerprint density at radius 2 is 1.50 bits per heavy atom. The Morgan fingerprint density at radius 3 is 1.78 bits per heavy atom. The Labute approximate surface area is 112 Å². The highest BCUT2D eigenvalue weighted by Gasteiger charge is 2.94. The molecule has 0 aliphatic heterocycles. The fraction of sp³-hybridized carbons (Fsp3) is 0.545. The summed E-state index contributed by atoms with van der Waals surface area (Å²) in [7, 11) is 0. The zero-order chi connectivity index (χ0) is 14.0. The van der Waals surface area contributed by atoms with Gasteiger partial charge in [-0.25, -0.2) is 0 Å². The van der Waals surface area contributed by atoms with Gasteiger partial charge in [0.15, 0.2) is 10.8 Å². The third-order valence-corrected chi connectivity index (χ3v) is 3.71. The second-order valence-corrected chi connectivity index (χ2v) is 4.69. The van der Waals surface area contributed by atoms with E-state index in [1.807, 2.05) is 0 Å². The predicted octanol–water partition coefficient (Wildman–Crippen LogP) is 1.01. The van der Waals surface area contributed by atoms with Crippen molar-refractivity contribution in [2.75, 3.05) is 11.9 Å². The van der Waals surface area contributed by atoms with Crippen LogP contribution >= 0.6 is 15.9 Å². The molecule has 18 heavy (non-hydrogen) atoms. The maximum absolute atomic E-state index is 11.9. The number of nitriles is 4. The molecule has 0 aromatic heterocycles. The van der Waals surface area contributed by atoms with Gasteiger partial charge in [0.1, 0.15) is 12.0 Å². The minimum Gasteiger partial charge on any atom is -0.464 e. The highest BCUT2D eigenvalue weighted by Crippen LogP contribution is 2.77. The Kier molecular flexibility index (Phi) is 3.34. The third kappa shape index (κ3) is 1.15. The summed E-state index contributed by atoms with van der Waals surface area (Å²) in [6.45, 7) is 1.27. The zero-order valence-electron chi connectivity index (χ0n) is 9.40. The van der Waals surface area contributed by atoms with Crippen LogP contribution in [0.3, 0.4) is 0 Å². The molecule has 0 aromatic rings. The normalized spacial score (nSPS) is 20.3. The van der Waals surface area contributed by atoms with Crippen LogP contribution in [0.1, 0.15) is 6.92 Å². The second-order valence-electron chi connectivity index (χ2n) is 3.90. The van der Waals surface area contributed by atoms with Crippen molar-refractivity contribution in [1.82, 2.24) is 0 Å². The average Bonchev–Trinajstić information content (AvgIpc) is 2.90. The van der Waals surface area contributed by atoms with Gasteiger partial charge in [-0.05, 0) is 6.92 Å². The predicted molar refractivity (Wildman–Crippen MR) is 60.2 cm³/mol. The van der Waals surface area contributed by atoms with Crippen molar-refractivity contribution in [3.05, 3.63) is 0 Å². The van der Waals surface area contributed by atoms with Crippen LogP contribution in [0.15, 0.2) is 0 Å². The number of ether oxygens (including phenoxy) is 1. The van der Waals surface area contributed by atoms with Crippen molar-refractivity contribution in [3.8, 4) is 24.3 Å². The number of alkyl halides is 1. The monoisotopic (exact) mass is 306 g/mol. The number of nitrogens with zero attached hydrogens (tertiary/aromatic N) is 4. The van der Waals surface area contributed by atoms with Crippen molar-refractivity contribution < 1.29 is 9.53 Å². The van der Waals surface area contributed by atoms with E-state index in [4.69, 9.17) is 25.8 Å². The van der Waals surface area contributed by atoms with Crippen molar-refractivity contribution in [2.24, 2.45) is 16.2 Å². The number of rotatable bonds is 3. The summed E-state index contributed by atoms with van der Waals surface area (Å²) in [5, 5.41) is 36.7. The van der Waals surface area contributed by atoms with E-state index in [0.717, 1.165) is 0 Å². The van der Waals surface area contributed by atoms with Crippen LogP contribution in [0.25, 0.3) is 0 Å². The first-order valence-corrected chi connectivity index (χ1v) is 5.98. The molecule has 0 saturated heterocycles. The van der Waals surface area contributed by atoms with Gasteiger partial charge >= 0.3 is 5.97 Å². The Balaban J connectivity index is 3.31.